The van der Waals surface area contributed by atoms with E-state index in [1.165, 1.54) is 0 Å². The van der Waals surface area contributed by atoms with Crippen molar-refractivity contribution in [3.05, 3.63) is 77.0 Å². The molecule has 1 N–H and O–H groups in total. The zero-order valence-corrected chi connectivity index (χ0v) is 18.0. The van der Waals surface area contributed by atoms with Crippen molar-refractivity contribution in [1.82, 2.24) is 10.2 Å². The van der Waals surface area contributed by atoms with E-state index in [1.54, 1.807) is 42.2 Å². The summed E-state index contributed by atoms with van der Waals surface area (Å²) >= 11 is 0. The Hall–Kier alpha value is -3.41. The first kappa shape index (κ1) is 22.3. The van der Waals surface area contributed by atoms with Crippen LogP contribution < -0.4 is 5.32 Å². The predicted octanol–water partition coefficient (Wildman–Crippen LogP) is 3.57. The fourth-order valence-corrected chi connectivity index (χ4v) is 3.51. The monoisotopic (exact) mass is 420 g/mol. The fourth-order valence-electron chi connectivity index (χ4n) is 3.51. The van der Waals surface area contributed by atoms with Crippen molar-refractivity contribution in [2.75, 3.05) is 19.7 Å². The van der Waals surface area contributed by atoms with E-state index in [-0.39, 0.29) is 29.4 Å². The standard InChI is InChI=1S/C25H28N2O4/c1-3-31-25(30)21-13-15-27(16-14-21)24(29)22(17-19-11-9-18(2)10-12-19)26-23(28)20-7-5-4-6-8-20/h4-12,17,21H,3,13-16H2,1-2H3,(H,26,28)/b22-17-. The van der Waals surface area contributed by atoms with Gasteiger partial charge in [0, 0.05) is 18.7 Å². The maximum Gasteiger partial charge on any atom is 0.309 e. The summed E-state index contributed by atoms with van der Waals surface area (Å²) in [6, 6.07) is 16.5. The Kier molecular flexibility index (Phi) is 7.60. The minimum atomic E-state index is -0.339. The number of likely N-dealkylation sites (tertiary alicyclic amines) is 1. The average molecular weight is 421 g/mol. The topological polar surface area (TPSA) is 75.7 Å². The number of aryl methyl sites for hydroxylation is 1. The summed E-state index contributed by atoms with van der Waals surface area (Å²) in [5.74, 6) is -0.990. The molecule has 0 saturated carbocycles. The minimum Gasteiger partial charge on any atom is -0.466 e. The van der Waals surface area contributed by atoms with Crippen LogP contribution in [-0.2, 0) is 14.3 Å². The molecule has 2 amide bonds. The first-order valence-electron chi connectivity index (χ1n) is 10.6. The summed E-state index contributed by atoms with van der Waals surface area (Å²) in [5.41, 5.74) is 2.63. The Labute approximate surface area is 182 Å². The van der Waals surface area contributed by atoms with E-state index in [9.17, 15) is 14.4 Å². The molecule has 0 spiro atoms. The minimum absolute atomic E-state index is 0.188. The van der Waals surface area contributed by atoms with E-state index >= 15 is 0 Å². The molecule has 2 aromatic rings. The number of benzene rings is 2. The molecule has 0 aromatic heterocycles. The van der Waals surface area contributed by atoms with Gasteiger partial charge in [-0.1, -0.05) is 48.0 Å². The number of nitrogens with one attached hydrogen (secondary N) is 1. The third-order valence-electron chi connectivity index (χ3n) is 5.31. The summed E-state index contributed by atoms with van der Waals surface area (Å²) in [4.78, 5) is 39.6. The number of nitrogens with zero attached hydrogens (tertiary/aromatic N) is 1. The van der Waals surface area contributed by atoms with Gasteiger partial charge in [0.15, 0.2) is 0 Å². The zero-order chi connectivity index (χ0) is 22.2. The largest absolute Gasteiger partial charge is 0.466 e. The van der Waals surface area contributed by atoms with Crippen LogP contribution in [0.3, 0.4) is 0 Å². The highest BCUT2D eigenvalue weighted by Gasteiger charge is 2.30. The van der Waals surface area contributed by atoms with Gasteiger partial charge < -0.3 is 15.0 Å². The molecule has 1 heterocycles. The highest BCUT2D eigenvalue weighted by molar-refractivity contribution is 6.05. The van der Waals surface area contributed by atoms with E-state index < -0.39 is 0 Å². The zero-order valence-electron chi connectivity index (χ0n) is 18.0. The highest BCUT2D eigenvalue weighted by Crippen LogP contribution is 2.21. The van der Waals surface area contributed by atoms with Gasteiger partial charge in [0.1, 0.15) is 5.70 Å². The van der Waals surface area contributed by atoms with Crippen molar-refractivity contribution in [2.45, 2.75) is 26.7 Å². The van der Waals surface area contributed by atoms with E-state index in [0.717, 1.165) is 11.1 Å². The third-order valence-corrected chi connectivity index (χ3v) is 5.31. The quantitative estimate of drug-likeness (QED) is 0.573. The molecule has 0 unspecified atom stereocenters. The fraction of sp³-hybridized carbons (Fsp3) is 0.320. The van der Waals surface area contributed by atoms with Crippen LogP contribution in [0.4, 0.5) is 0 Å². The van der Waals surface area contributed by atoms with Crippen LogP contribution in [-0.4, -0.2) is 42.4 Å². The number of hydrogen-bond donors (Lipinski definition) is 1. The molecule has 1 aliphatic heterocycles. The molecule has 0 atom stereocenters. The van der Waals surface area contributed by atoms with Crippen molar-refractivity contribution in [3.8, 4) is 0 Å². The van der Waals surface area contributed by atoms with Crippen LogP contribution in [0.2, 0.25) is 0 Å². The van der Waals surface area contributed by atoms with Crippen molar-refractivity contribution < 1.29 is 19.1 Å². The number of rotatable bonds is 6. The Morgan fingerprint density at radius 2 is 1.68 bits per heavy atom. The van der Waals surface area contributed by atoms with Gasteiger partial charge in [-0.15, -0.1) is 0 Å². The molecule has 3 rings (SSSR count). The molecular formula is C25H28N2O4. The average Bonchev–Trinajstić information content (AvgIpc) is 2.80. The number of carbonyl (C=O) groups is 3. The summed E-state index contributed by atoms with van der Waals surface area (Å²) in [5, 5.41) is 2.79. The van der Waals surface area contributed by atoms with Crippen LogP contribution in [0.1, 0.15) is 41.3 Å². The molecular weight excluding hydrogens is 392 g/mol. The maximum atomic E-state index is 13.3. The molecule has 31 heavy (non-hydrogen) atoms. The van der Waals surface area contributed by atoms with Crippen LogP contribution in [0.15, 0.2) is 60.3 Å². The number of ether oxygens (including phenoxy) is 1. The first-order chi connectivity index (χ1) is 15.0. The van der Waals surface area contributed by atoms with Gasteiger partial charge in [-0.25, -0.2) is 0 Å². The molecule has 6 nitrogen and oxygen atoms in total. The molecule has 0 bridgehead atoms. The number of esters is 1. The van der Waals surface area contributed by atoms with Gasteiger partial charge in [-0.05, 0) is 50.5 Å². The number of piperidine rings is 1. The molecule has 6 heteroatoms. The number of carbonyl (C=O) groups excluding carboxylic acids is 3. The second-order valence-corrected chi connectivity index (χ2v) is 7.61. The Bertz CT molecular complexity index is 943. The van der Waals surface area contributed by atoms with Gasteiger partial charge in [0.05, 0.1) is 12.5 Å². The molecule has 0 radical (unpaired) electrons. The first-order valence-corrected chi connectivity index (χ1v) is 10.6. The highest BCUT2D eigenvalue weighted by atomic mass is 16.5. The van der Waals surface area contributed by atoms with E-state index in [0.29, 0.717) is 38.1 Å². The van der Waals surface area contributed by atoms with Gasteiger partial charge in [-0.3, -0.25) is 14.4 Å². The summed E-state index contributed by atoms with van der Waals surface area (Å²) in [6.07, 6.45) is 2.80. The number of hydrogen-bond acceptors (Lipinski definition) is 4. The van der Waals surface area contributed by atoms with Crippen molar-refractivity contribution in [3.63, 3.8) is 0 Å². The maximum absolute atomic E-state index is 13.3. The molecule has 0 aliphatic carbocycles. The van der Waals surface area contributed by atoms with Gasteiger partial charge in [-0.2, -0.15) is 0 Å². The van der Waals surface area contributed by atoms with Gasteiger partial charge >= 0.3 is 5.97 Å². The van der Waals surface area contributed by atoms with Gasteiger partial charge in [0.25, 0.3) is 11.8 Å². The SMILES string of the molecule is CCOC(=O)C1CCN(C(=O)/C(=C/c2ccc(C)cc2)NC(=O)c2ccccc2)CC1. The molecule has 1 aliphatic rings. The van der Waals surface area contributed by atoms with E-state index in [4.69, 9.17) is 4.74 Å². The lowest BCUT2D eigenvalue weighted by molar-refractivity contribution is -0.150. The van der Waals surface area contributed by atoms with Crippen molar-refractivity contribution in [1.29, 1.82) is 0 Å². The lowest BCUT2D eigenvalue weighted by Crippen LogP contribution is -2.44. The lowest BCUT2D eigenvalue weighted by Gasteiger charge is -2.31. The summed E-state index contributed by atoms with van der Waals surface area (Å²) in [7, 11) is 0. The van der Waals surface area contributed by atoms with Gasteiger partial charge in [0.2, 0.25) is 0 Å². The summed E-state index contributed by atoms with van der Waals surface area (Å²) in [6.45, 7) is 5.01. The van der Waals surface area contributed by atoms with Crippen molar-refractivity contribution >= 4 is 23.9 Å². The number of amides is 2. The normalized spacial score (nSPS) is 14.8. The Balaban J connectivity index is 1.77. The molecule has 2 aromatic carbocycles. The molecule has 1 fully saturated rings. The summed E-state index contributed by atoms with van der Waals surface area (Å²) < 4.78 is 5.10. The van der Waals surface area contributed by atoms with Crippen LogP contribution >= 0.6 is 0 Å². The van der Waals surface area contributed by atoms with E-state index in [2.05, 4.69) is 5.32 Å². The second-order valence-electron chi connectivity index (χ2n) is 7.61. The van der Waals surface area contributed by atoms with Crippen LogP contribution in [0.5, 0.6) is 0 Å². The Morgan fingerprint density at radius 3 is 2.29 bits per heavy atom. The predicted molar refractivity (Wildman–Crippen MR) is 119 cm³/mol. The van der Waals surface area contributed by atoms with E-state index in [1.807, 2.05) is 37.3 Å². The Morgan fingerprint density at radius 1 is 1.03 bits per heavy atom. The van der Waals surface area contributed by atoms with Crippen molar-refractivity contribution in [2.24, 2.45) is 5.92 Å². The smallest absolute Gasteiger partial charge is 0.309 e. The second kappa shape index (κ2) is 10.6. The molecule has 1 saturated heterocycles. The lowest BCUT2D eigenvalue weighted by atomic mass is 9.96. The molecule has 162 valence electrons. The van der Waals surface area contributed by atoms with Crippen LogP contribution in [0, 0.1) is 12.8 Å². The third kappa shape index (κ3) is 6.04. The van der Waals surface area contributed by atoms with Crippen LogP contribution in [0.25, 0.3) is 6.08 Å².